The van der Waals surface area contributed by atoms with E-state index in [0.717, 1.165) is 33.8 Å². The van der Waals surface area contributed by atoms with Crippen LogP contribution in [0.2, 0.25) is 0 Å². The van der Waals surface area contributed by atoms with E-state index in [-0.39, 0.29) is 0 Å². The Morgan fingerprint density at radius 1 is 0.206 bits per heavy atom. The van der Waals surface area contributed by atoms with Crippen LogP contribution in [-0.2, 0) is 0 Å². The Morgan fingerprint density at radius 3 is 1.13 bits per heavy atom. The van der Waals surface area contributed by atoms with Gasteiger partial charge in [0, 0.05) is 16.9 Å². The van der Waals surface area contributed by atoms with E-state index < -0.39 is 0 Å². The molecular weight excluding hydrogens is 759 g/mol. The van der Waals surface area contributed by atoms with Crippen LogP contribution in [0, 0.1) is 0 Å². The highest BCUT2D eigenvalue weighted by Gasteiger charge is 2.21. The Balaban J connectivity index is 1.11. The molecule has 0 bridgehead atoms. The monoisotopic (exact) mass is 801 g/mol. The number of para-hydroxylation sites is 1. The number of benzene rings is 11. The van der Waals surface area contributed by atoms with Gasteiger partial charge < -0.3 is 4.90 Å². The molecule has 0 aliphatic heterocycles. The van der Waals surface area contributed by atoms with E-state index in [2.05, 4.69) is 266 Å². The van der Waals surface area contributed by atoms with Gasteiger partial charge in [-0.1, -0.05) is 206 Å². The van der Waals surface area contributed by atoms with Crippen LogP contribution in [0.25, 0.3) is 88.3 Å². The zero-order valence-electron chi connectivity index (χ0n) is 34.8. The third-order valence-electron chi connectivity index (χ3n) is 12.3. The van der Waals surface area contributed by atoms with Gasteiger partial charge in [-0.25, -0.2) is 0 Å². The molecule has 0 atom stereocenters. The molecular formula is C62H43N. The summed E-state index contributed by atoms with van der Waals surface area (Å²) in [5.41, 5.74) is 17.5. The third-order valence-corrected chi connectivity index (χ3v) is 12.3. The van der Waals surface area contributed by atoms with Gasteiger partial charge in [-0.15, -0.1) is 0 Å². The van der Waals surface area contributed by atoms with Crippen LogP contribution in [-0.4, -0.2) is 0 Å². The summed E-state index contributed by atoms with van der Waals surface area (Å²) >= 11 is 0. The van der Waals surface area contributed by atoms with Crippen LogP contribution < -0.4 is 4.90 Å². The quantitative estimate of drug-likeness (QED) is 0.131. The maximum Gasteiger partial charge on any atom is 0.0540 e. The predicted molar refractivity (Wildman–Crippen MR) is 269 cm³/mol. The molecule has 0 amide bonds. The standard InChI is InChI=1S/C62H43N/c1-6-20-44(21-7-1)57-42-59(46-24-10-3-11-25-46)60(43-58(57)45-22-8-2-9-23-45)50-36-39-62(61(41-50)47-26-12-4-13-27-47)63(51-29-14-5-15-30-51)52-37-34-48(35-38-52)56-40-49-28-16-17-31-53(49)54-32-18-19-33-55(54)56/h1-43H. The summed E-state index contributed by atoms with van der Waals surface area (Å²) in [5.74, 6) is 0. The summed E-state index contributed by atoms with van der Waals surface area (Å²) in [6.45, 7) is 0. The Morgan fingerprint density at radius 2 is 0.587 bits per heavy atom. The van der Waals surface area contributed by atoms with Gasteiger partial charge in [0.2, 0.25) is 0 Å². The minimum absolute atomic E-state index is 1.09. The van der Waals surface area contributed by atoms with Crippen LogP contribution in [0.4, 0.5) is 17.1 Å². The second-order valence-corrected chi connectivity index (χ2v) is 16.0. The first kappa shape index (κ1) is 37.7. The fourth-order valence-electron chi connectivity index (χ4n) is 9.24. The van der Waals surface area contributed by atoms with E-state index in [9.17, 15) is 0 Å². The van der Waals surface area contributed by atoms with Crippen molar-refractivity contribution in [1.82, 2.24) is 0 Å². The highest BCUT2D eigenvalue weighted by atomic mass is 15.1. The molecule has 63 heavy (non-hydrogen) atoms. The molecule has 0 saturated heterocycles. The van der Waals surface area contributed by atoms with E-state index in [1.807, 2.05) is 0 Å². The minimum Gasteiger partial charge on any atom is -0.310 e. The average molecular weight is 802 g/mol. The first-order chi connectivity index (χ1) is 31.3. The van der Waals surface area contributed by atoms with E-state index >= 15 is 0 Å². The Bertz CT molecular complexity index is 3340. The molecule has 0 aromatic heterocycles. The molecule has 11 aromatic carbocycles. The van der Waals surface area contributed by atoms with Gasteiger partial charge in [0.25, 0.3) is 0 Å². The van der Waals surface area contributed by atoms with Crippen molar-refractivity contribution in [3.63, 3.8) is 0 Å². The van der Waals surface area contributed by atoms with Crippen molar-refractivity contribution in [3.8, 4) is 66.8 Å². The zero-order chi connectivity index (χ0) is 42.0. The minimum atomic E-state index is 1.09. The number of fused-ring (bicyclic) bond motifs is 3. The van der Waals surface area contributed by atoms with Gasteiger partial charge in [-0.3, -0.25) is 0 Å². The molecule has 0 aliphatic rings. The molecule has 1 heteroatoms. The summed E-state index contributed by atoms with van der Waals surface area (Å²) in [4.78, 5) is 2.40. The highest BCUT2D eigenvalue weighted by Crippen LogP contribution is 2.47. The Hall–Kier alpha value is -8.26. The van der Waals surface area contributed by atoms with Crippen molar-refractivity contribution >= 4 is 38.6 Å². The zero-order valence-corrected chi connectivity index (χ0v) is 34.8. The molecule has 0 unspecified atom stereocenters. The molecule has 11 aromatic rings. The first-order valence-electron chi connectivity index (χ1n) is 21.7. The largest absolute Gasteiger partial charge is 0.310 e. The summed E-state index contributed by atoms with van der Waals surface area (Å²) < 4.78 is 0. The molecule has 0 radical (unpaired) electrons. The van der Waals surface area contributed by atoms with Crippen molar-refractivity contribution in [1.29, 1.82) is 0 Å². The summed E-state index contributed by atoms with van der Waals surface area (Å²) in [7, 11) is 0. The second kappa shape index (κ2) is 16.7. The summed E-state index contributed by atoms with van der Waals surface area (Å²) in [5, 5.41) is 5.05. The van der Waals surface area contributed by atoms with Gasteiger partial charge in [0.05, 0.1) is 5.69 Å². The van der Waals surface area contributed by atoms with Crippen molar-refractivity contribution < 1.29 is 0 Å². The van der Waals surface area contributed by atoms with Gasteiger partial charge in [-0.05, 0) is 137 Å². The lowest BCUT2D eigenvalue weighted by Crippen LogP contribution is -2.11. The summed E-state index contributed by atoms with van der Waals surface area (Å²) in [6, 6.07) is 94.7. The Kier molecular flexibility index (Phi) is 9.97. The molecule has 0 N–H and O–H groups in total. The lowest BCUT2D eigenvalue weighted by Gasteiger charge is -2.29. The topological polar surface area (TPSA) is 3.24 Å². The maximum absolute atomic E-state index is 2.41. The Labute approximate surface area is 369 Å². The van der Waals surface area contributed by atoms with Crippen LogP contribution in [0.3, 0.4) is 0 Å². The highest BCUT2D eigenvalue weighted by molar-refractivity contribution is 6.14. The molecule has 0 saturated carbocycles. The number of nitrogens with zero attached hydrogens (tertiary/aromatic N) is 1. The fraction of sp³-hybridized carbons (Fsp3) is 0. The van der Waals surface area contributed by atoms with E-state index in [1.54, 1.807) is 0 Å². The van der Waals surface area contributed by atoms with Crippen LogP contribution in [0.15, 0.2) is 261 Å². The van der Waals surface area contributed by atoms with Crippen LogP contribution in [0.1, 0.15) is 0 Å². The lowest BCUT2D eigenvalue weighted by molar-refractivity contribution is 1.28. The number of anilines is 3. The van der Waals surface area contributed by atoms with Crippen molar-refractivity contribution in [2.24, 2.45) is 0 Å². The van der Waals surface area contributed by atoms with Gasteiger partial charge in [0.15, 0.2) is 0 Å². The van der Waals surface area contributed by atoms with E-state index in [1.165, 1.54) is 71.6 Å². The smallest absolute Gasteiger partial charge is 0.0540 e. The number of hydrogen-bond acceptors (Lipinski definition) is 1. The SMILES string of the molecule is c1ccc(-c2cc(-c3ccccc3)c(-c3ccc(N(c4ccccc4)c4ccc(-c5cc6ccccc6c6ccccc56)cc4)c(-c4ccccc4)c3)cc2-c2ccccc2)cc1. The fourth-order valence-corrected chi connectivity index (χ4v) is 9.24. The first-order valence-corrected chi connectivity index (χ1v) is 21.7. The second-order valence-electron chi connectivity index (χ2n) is 16.0. The molecule has 11 rings (SSSR count). The van der Waals surface area contributed by atoms with Crippen LogP contribution >= 0.6 is 0 Å². The van der Waals surface area contributed by atoms with E-state index in [4.69, 9.17) is 0 Å². The van der Waals surface area contributed by atoms with Gasteiger partial charge in [-0.2, -0.15) is 0 Å². The predicted octanol–water partition coefficient (Wildman–Crippen LogP) is 17.5. The van der Waals surface area contributed by atoms with Gasteiger partial charge in [0.1, 0.15) is 0 Å². The van der Waals surface area contributed by atoms with Crippen molar-refractivity contribution in [3.05, 3.63) is 261 Å². The normalized spacial score (nSPS) is 11.2. The number of hydrogen-bond donors (Lipinski definition) is 0. The molecule has 296 valence electrons. The average Bonchev–Trinajstić information content (AvgIpc) is 3.37. The van der Waals surface area contributed by atoms with Crippen LogP contribution in [0.5, 0.6) is 0 Å². The number of rotatable bonds is 9. The molecule has 0 aliphatic carbocycles. The summed E-state index contributed by atoms with van der Waals surface area (Å²) in [6.07, 6.45) is 0. The molecule has 0 fully saturated rings. The molecule has 0 heterocycles. The molecule has 0 spiro atoms. The van der Waals surface area contributed by atoms with Gasteiger partial charge >= 0.3 is 0 Å². The van der Waals surface area contributed by atoms with Crippen molar-refractivity contribution in [2.45, 2.75) is 0 Å². The maximum atomic E-state index is 2.41. The lowest BCUT2D eigenvalue weighted by atomic mass is 9.85. The molecule has 1 nitrogen and oxygen atoms in total. The third kappa shape index (κ3) is 7.26. The van der Waals surface area contributed by atoms with E-state index in [0.29, 0.717) is 0 Å². The van der Waals surface area contributed by atoms with Crippen molar-refractivity contribution in [2.75, 3.05) is 4.90 Å².